The summed E-state index contributed by atoms with van der Waals surface area (Å²) in [7, 11) is -0.892. The Balaban J connectivity index is 1.67. The Bertz CT molecular complexity index is 1420. The van der Waals surface area contributed by atoms with Crippen molar-refractivity contribution in [1.82, 2.24) is 9.97 Å². The minimum atomic E-state index is -3.99. The molecule has 172 valence electrons. The van der Waals surface area contributed by atoms with Crippen molar-refractivity contribution in [2.75, 3.05) is 18.9 Å². The molecule has 0 saturated heterocycles. The Labute approximate surface area is 200 Å². The van der Waals surface area contributed by atoms with E-state index < -0.39 is 10.0 Å². The number of nitrogens with one attached hydrogen (secondary N) is 1. The van der Waals surface area contributed by atoms with E-state index in [-0.39, 0.29) is 23.2 Å². The molecule has 0 bridgehead atoms. The third kappa shape index (κ3) is 4.82. The number of nitrogens with zero attached hydrogens (tertiary/aromatic N) is 2. The maximum atomic E-state index is 13.1. The standard InChI is InChI=1S/C22H20ClN3O5S2/c1-13-15(23)5-4-6-19(13)33(27,28)26-20-21(24-16-9-10-32-22(16)25-20)31-12-14-7-8-17(29-2)18(11-14)30-3/h4-11H,12H2,1-3H3,(H,25,26). The second-order valence-electron chi connectivity index (χ2n) is 6.93. The highest BCUT2D eigenvalue weighted by molar-refractivity contribution is 7.92. The summed E-state index contributed by atoms with van der Waals surface area (Å²) in [5, 5.41) is 2.17. The largest absolute Gasteiger partial charge is 0.493 e. The van der Waals surface area contributed by atoms with E-state index in [2.05, 4.69) is 14.7 Å². The topological polar surface area (TPSA) is 99.6 Å². The van der Waals surface area contributed by atoms with E-state index in [0.29, 0.717) is 32.4 Å². The summed E-state index contributed by atoms with van der Waals surface area (Å²) < 4.78 is 45.2. The van der Waals surface area contributed by atoms with E-state index in [1.807, 2.05) is 11.4 Å². The number of hydrogen-bond acceptors (Lipinski definition) is 8. The molecule has 0 amide bonds. The Hall–Kier alpha value is -3.08. The molecule has 4 rings (SSSR count). The number of fused-ring (bicyclic) bond motifs is 1. The second-order valence-corrected chi connectivity index (χ2v) is 9.89. The van der Waals surface area contributed by atoms with Gasteiger partial charge in [-0.15, -0.1) is 11.3 Å². The third-order valence-corrected chi connectivity index (χ3v) is 7.51. The van der Waals surface area contributed by atoms with Crippen molar-refractivity contribution in [3.63, 3.8) is 0 Å². The first-order chi connectivity index (χ1) is 15.8. The molecule has 0 aliphatic carbocycles. The molecule has 8 nitrogen and oxygen atoms in total. The van der Waals surface area contributed by atoms with Crippen LogP contribution in [0.5, 0.6) is 17.4 Å². The number of anilines is 1. The maximum Gasteiger partial charge on any atom is 0.263 e. The Kier molecular flexibility index (Phi) is 6.59. The van der Waals surface area contributed by atoms with Crippen molar-refractivity contribution < 1.29 is 22.6 Å². The highest BCUT2D eigenvalue weighted by atomic mass is 35.5. The number of thiophene rings is 1. The highest BCUT2D eigenvalue weighted by Gasteiger charge is 2.22. The van der Waals surface area contributed by atoms with Gasteiger partial charge in [0.1, 0.15) is 17.0 Å². The average molecular weight is 506 g/mol. The van der Waals surface area contributed by atoms with Gasteiger partial charge in [0.25, 0.3) is 15.9 Å². The van der Waals surface area contributed by atoms with Gasteiger partial charge < -0.3 is 14.2 Å². The zero-order valence-electron chi connectivity index (χ0n) is 18.0. The van der Waals surface area contributed by atoms with E-state index in [4.69, 9.17) is 25.8 Å². The van der Waals surface area contributed by atoms with E-state index in [1.54, 1.807) is 51.5 Å². The maximum absolute atomic E-state index is 13.1. The molecule has 2 aromatic heterocycles. The lowest BCUT2D eigenvalue weighted by Crippen LogP contribution is -2.16. The molecule has 2 aromatic carbocycles. The normalized spacial score (nSPS) is 11.4. The van der Waals surface area contributed by atoms with Crippen LogP contribution in [-0.4, -0.2) is 32.6 Å². The van der Waals surface area contributed by atoms with Crippen LogP contribution in [0.15, 0.2) is 52.7 Å². The molecule has 4 aromatic rings. The zero-order chi connectivity index (χ0) is 23.6. The number of halogens is 1. The summed E-state index contributed by atoms with van der Waals surface area (Å²) in [6.07, 6.45) is 0. The number of aromatic nitrogens is 2. The number of rotatable bonds is 8. The summed E-state index contributed by atoms with van der Waals surface area (Å²) >= 11 is 7.46. The van der Waals surface area contributed by atoms with Gasteiger partial charge in [0.2, 0.25) is 5.82 Å². The fourth-order valence-electron chi connectivity index (χ4n) is 3.13. The van der Waals surface area contributed by atoms with Crippen molar-refractivity contribution in [3.05, 3.63) is 64.0 Å². The lowest BCUT2D eigenvalue weighted by Gasteiger charge is -2.14. The van der Waals surface area contributed by atoms with Gasteiger partial charge in [0, 0.05) is 5.02 Å². The quantitative estimate of drug-likeness (QED) is 0.357. The van der Waals surface area contributed by atoms with Crippen LogP contribution in [0.2, 0.25) is 5.02 Å². The number of benzene rings is 2. The van der Waals surface area contributed by atoms with Gasteiger partial charge in [-0.2, -0.15) is 0 Å². The van der Waals surface area contributed by atoms with Crippen molar-refractivity contribution in [2.24, 2.45) is 0 Å². The third-order valence-electron chi connectivity index (χ3n) is 4.82. The SMILES string of the molecule is COc1ccc(COc2nc3ccsc3nc2NS(=O)(=O)c2cccc(Cl)c2C)cc1OC. The van der Waals surface area contributed by atoms with Crippen molar-refractivity contribution in [3.8, 4) is 17.4 Å². The van der Waals surface area contributed by atoms with Crippen LogP contribution in [0.1, 0.15) is 11.1 Å². The zero-order valence-corrected chi connectivity index (χ0v) is 20.3. The van der Waals surface area contributed by atoms with Gasteiger partial charge in [0.05, 0.1) is 19.1 Å². The summed E-state index contributed by atoms with van der Waals surface area (Å²) in [6.45, 7) is 1.75. The minimum absolute atomic E-state index is 0.00944. The predicted octanol–water partition coefficient (Wildman–Crippen LogP) is 5.05. The smallest absolute Gasteiger partial charge is 0.263 e. The molecule has 11 heteroatoms. The minimum Gasteiger partial charge on any atom is -0.493 e. The molecule has 0 unspecified atom stereocenters. The first kappa shape index (κ1) is 23.1. The summed E-state index contributed by atoms with van der Waals surface area (Å²) in [5.74, 6) is 1.19. The Morgan fingerprint density at radius 3 is 2.61 bits per heavy atom. The molecular formula is C22H20ClN3O5S2. The van der Waals surface area contributed by atoms with E-state index in [9.17, 15) is 8.42 Å². The van der Waals surface area contributed by atoms with Crippen LogP contribution in [0.3, 0.4) is 0 Å². The summed E-state index contributed by atoms with van der Waals surface area (Å²) in [6, 6.07) is 11.8. The lowest BCUT2D eigenvalue weighted by molar-refractivity contribution is 0.294. The van der Waals surface area contributed by atoms with Crippen molar-refractivity contribution >= 4 is 49.1 Å². The molecule has 0 aliphatic rings. The van der Waals surface area contributed by atoms with Crippen LogP contribution in [0.4, 0.5) is 5.82 Å². The second kappa shape index (κ2) is 9.42. The molecule has 0 aliphatic heterocycles. The van der Waals surface area contributed by atoms with E-state index in [1.165, 1.54) is 17.4 Å². The van der Waals surface area contributed by atoms with Gasteiger partial charge >= 0.3 is 0 Å². The number of methoxy groups -OCH3 is 2. The molecule has 0 radical (unpaired) electrons. The summed E-state index contributed by atoms with van der Waals surface area (Å²) in [5.41, 5.74) is 1.81. The van der Waals surface area contributed by atoms with Crippen LogP contribution in [0.25, 0.3) is 10.3 Å². The molecular weight excluding hydrogens is 486 g/mol. The van der Waals surface area contributed by atoms with Crippen LogP contribution < -0.4 is 18.9 Å². The summed E-state index contributed by atoms with van der Waals surface area (Å²) in [4.78, 5) is 9.52. The Morgan fingerprint density at radius 2 is 1.85 bits per heavy atom. The van der Waals surface area contributed by atoms with Gasteiger partial charge in [0.15, 0.2) is 11.5 Å². The molecule has 33 heavy (non-hydrogen) atoms. The van der Waals surface area contributed by atoms with E-state index >= 15 is 0 Å². The molecule has 0 atom stereocenters. The molecule has 1 N–H and O–H groups in total. The average Bonchev–Trinajstić information content (AvgIpc) is 3.25. The highest BCUT2D eigenvalue weighted by Crippen LogP contribution is 2.32. The van der Waals surface area contributed by atoms with Crippen LogP contribution in [0, 0.1) is 6.92 Å². The monoisotopic (exact) mass is 505 g/mol. The van der Waals surface area contributed by atoms with Crippen LogP contribution >= 0.6 is 22.9 Å². The molecule has 0 spiro atoms. The molecule has 0 saturated carbocycles. The van der Waals surface area contributed by atoms with Gasteiger partial charge in [-0.3, -0.25) is 4.72 Å². The fraction of sp³-hybridized carbons (Fsp3) is 0.182. The first-order valence-electron chi connectivity index (χ1n) is 9.69. The van der Waals surface area contributed by atoms with Gasteiger partial charge in [-0.25, -0.2) is 18.4 Å². The number of ether oxygens (including phenoxy) is 3. The Morgan fingerprint density at radius 1 is 1.06 bits per heavy atom. The van der Waals surface area contributed by atoms with Gasteiger partial charge in [-0.05, 0) is 53.8 Å². The van der Waals surface area contributed by atoms with Gasteiger partial charge in [-0.1, -0.05) is 23.7 Å². The first-order valence-corrected chi connectivity index (χ1v) is 12.4. The number of hydrogen-bond donors (Lipinski definition) is 1. The van der Waals surface area contributed by atoms with Crippen molar-refractivity contribution in [1.29, 1.82) is 0 Å². The van der Waals surface area contributed by atoms with Crippen molar-refractivity contribution in [2.45, 2.75) is 18.4 Å². The molecule has 0 fully saturated rings. The number of sulfonamides is 1. The van der Waals surface area contributed by atoms with E-state index in [0.717, 1.165) is 5.56 Å². The molecule has 2 heterocycles. The predicted molar refractivity (Wildman–Crippen MR) is 128 cm³/mol. The van der Waals surface area contributed by atoms with Crippen LogP contribution in [-0.2, 0) is 16.6 Å². The lowest BCUT2D eigenvalue weighted by atomic mass is 10.2. The fourth-order valence-corrected chi connectivity index (χ4v) is 5.33.